The molecule has 0 aromatic carbocycles. The van der Waals surface area contributed by atoms with Gasteiger partial charge in [0.15, 0.2) is 11.5 Å². The van der Waals surface area contributed by atoms with Gasteiger partial charge >= 0.3 is 6.01 Å². The SMILES string of the molecule is CCCCOc1nc(N)c2ncc(Cc3ccc(N4CCCCC4)cn3)n2n1. The summed E-state index contributed by atoms with van der Waals surface area (Å²) in [5.41, 5.74) is 9.64. The molecule has 0 spiro atoms. The van der Waals surface area contributed by atoms with Crippen LogP contribution in [0, 0.1) is 0 Å². The second-order valence-electron chi connectivity index (χ2n) is 7.20. The molecule has 28 heavy (non-hydrogen) atoms. The summed E-state index contributed by atoms with van der Waals surface area (Å²) in [6, 6.07) is 4.51. The Bertz CT molecular complexity index is 916. The molecule has 1 aliphatic heterocycles. The summed E-state index contributed by atoms with van der Waals surface area (Å²) >= 11 is 0. The van der Waals surface area contributed by atoms with Crippen molar-refractivity contribution in [3.8, 4) is 6.01 Å². The number of imidazole rings is 1. The van der Waals surface area contributed by atoms with Crippen molar-refractivity contribution in [3.63, 3.8) is 0 Å². The number of fused-ring (bicyclic) bond motifs is 1. The highest BCUT2D eigenvalue weighted by Gasteiger charge is 2.14. The lowest BCUT2D eigenvalue weighted by molar-refractivity contribution is 0.280. The third-order valence-electron chi connectivity index (χ3n) is 5.06. The van der Waals surface area contributed by atoms with E-state index in [2.05, 4.69) is 44.0 Å². The highest BCUT2D eigenvalue weighted by molar-refractivity contribution is 5.59. The Morgan fingerprint density at radius 3 is 2.71 bits per heavy atom. The van der Waals surface area contributed by atoms with Crippen molar-refractivity contribution in [2.24, 2.45) is 0 Å². The van der Waals surface area contributed by atoms with Crippen LogP contribution < -0.4 is 15.4 Å². The van der Waals surface area contributed by atoms with E-state index < -0.39 is 0 Å². The lowest BCUT2D eigenvalue weighted by Crippen LogP contribution is -2.29. The molecule has 1 aliphatic rings. The number of anilines is 2. The van der Waals surface area contributed by atoms with E-state index in [0.717, 1.165) is 37.3 Å². The van der Waals surface area contributed by atoms with E-state index in [1.165, 1.54) is 24.9 Å². The van der Waals surface area contributed by atoms with E-state index in [-0.39, 0.29) is 6.01 Å². The summed E-state index contributed by atoms with van der Waals surface area (Å²) in [6.07, 6.45) is 10.2. The monoisotopic (exact) mass is 381 g/mol. The summed E-state index contributed by atoms with van der Waals surface area (Å²) in [5, 5.41) is 4.46. The predicted octanol–water partition coefficient (Wildman–Crippen LogP) is 2.86. The zero-order valence-corrected chi connectivity index (χ0v) is 16.3. The molecule has 0 atom stereocenters. The Labute approximate surface area is 164 Å². The largest absolute Gasteiger partial charge is 0.462 e. The second kappa shape index (κ2) is 8.41. The molecule has 8 heteroatoms. The molecule has 0 radical (unpaired) electrons. The number of pyridine rings is 1. The average Bonchev–Trinajstić information content (AvgIpc) is 3.13. The molecule has 4 rings (SSSR count). The molecule has 3 aromatic heterocycles. The van der Waals surface area contributed by atoms with Crippen LogP contribution in [0.4, 0.5) is 11.5 Å². The fourth-order valence-electron chi connectivity index (χ4n) is 3.46. The van der Waals surface area contributed by atoms with Crippen LogP contribution in [0.5, 0.6) is 6.01 Å². The first-order chi connectivity index (χ1) is 13.7. The summed E-state index contributed by atoms with van der Waals surface area (Å²) in [4.78, 5) is 15.6. The number of hydrogen-bond acceptors (Lipinski definition) is 7. The van der Waals surface area contributed by atoms with Gasteiger partial charge in [0.05, 0.1) is 30.4 Å². The van der Waals surface area contributed by atoms with E-state index >= 15 is 0 Å². The highest BCUT2D eigenvalue weighted by Crippen LogP contribution is 2.20. The number of unbranched alkanes of at least 4 members (excludes halogenated alkanes) is 1. The molecule has 148 valence electrons. The summed E-state index contributed by atoms with van der Waals surface area (Å²) < 4.78 is 7.33. The summed E-state index contributed by atoms with van der Waals surface area (Å²) in [6.45, 7) is 4.92. The normalized spacial score (nSPS) is 14.5. The molecule has 3 aromatic rings. The summed E-state index contributed by atoms with van der Waals surface area (Å²) in [7, 11) is 0. The van der Waals surface area contributed by atoms with Gasteiger partial charge in [-0.3, -0.25) is 4.98 Å². The van der Waals surface area contributed by atoms with Gasteiger partial charge in [-0.05, 0) is 37.8 Å². The molecule has 0 saturated carbocycles. The Morgan fingerprint density at radius 1 is 1.11 bits per heavy atom. The minimum Gasteiger partial charge on any atom is -0.462 e. The van der Waals surface area contributed by atoms with Crippen LogP contribution in [-0.4, -0.2) is 44.3 Å². The van der Waals surface area contributed by atoms with E-state index in [4.69, 9.17) is 10.5 Å². The van der Waals surface area contributed by atoms with E-state index in [0.29, 0.717) is 24.5 Å². The number of hydrogen-bond donors (Lipinski definition) is 1. The minimum absolute atomic E-state index is 0.283. The fraction of sp³-hybridized carbons (Fsp3) is 0.500. The first kappa shape index (κ1) is 18.5. The van der Waals surface area contributed by atoms with Crippen LogP contribution >= 0.6 is 0 Å². The maximum Gasteiger partial charge on any atom is 0.336 e. The topological polar surface area (TPSA) is 94.5 Å². The Hall–Kier alpha value is -2.90. The van der Waals surface area contributed by atoms with Crippen LogP contribution in [0.2, 0.25) is 0 Å². The molecule has 0 bridgehead atoms. The molecule has 8 nitrogen and oxygen atoms in total. The molecule has 1 saturated heterocycles. The van der Waals surface area contributed by atoms with Gasteiger partial charge in [0, 0.05) is 25.2 Å². The van der Waals surface area contributed by atoms with Gasteiger partial charge in [-0.1, -0.05) is 13.3 Å². The minimum atomic E-state index is 0.283. The number of aromatic nitrogens is 5. The van der Waals surface area contributed by atoms with Gasteiger partial charge in [-0.25, -0.2) is 9.50 Å². The van der Waals surface area contributed by atoms with E-state index in [1.807, 2.05) is 6.20 Å². The van der Waals surface area contributed by atoms with Crippen molar-refractivity contribution >= 4 is 17.2 Å². The van der Waals surface area contributed by atoms with Crippen LogP contribution in [0.25, 0.3) is 5.65 Å². The standard InChI is InChI=1S/C20H27N7O/c1-2-3-11-28-20-24-18(21)19-23-14-17(27(19)25-20)12-15-7-8-16(13-22-15)26-9-5-4-6-10-26/h7-8,13-14H,2-6,9-12H2,1H3,(H2,21,24,25). The van der Waals surface area contributed by atoms with Crippen LogP contribution in [0.3, 0.4) is 0 Å². The number of rotatable bonds is 7. The molecular formula is C20H27N7O. The number of nitrogens with two attached hydrogens (primary N) is 1. The van der Waals surface area contributed by atoms with Crippen molar-refractivity contribution in [1.29, 1.82) is 0 Å². The molecule has 0 unspecified atom stereocenters. The van der Waals surface area contributed by atoms with Crippen LogP contribution in [-0.2, 0) is 6.42 Å². The van der Waals surface area contributed by atoms with Gasteiger partial charge in [0.1, 0.15) is 0 Å². The first-order valence-electron chi connectivity index (χ1n) is 10.1. The first-order valence-corrected chi connectivity index (χ1v) is 10.1. The Balaban J connectivity index is 1.52. The molecular weight excluding hydrogens is 354 g/mol. The van der Waals surface area contributed by atoms with Gasteiger partial charge in [0.25, 0.3) is 0 Å². The lowest BCUT2D eigenvalue weighted by atomic mass is 10.1. The van der Waals surface area contributed by atoms with Crippen molar-refractivity contribution < 1.29 is 4.74 Å². The van der Waals surface area contributed by atoms with Crippen molar-refractivity contribution in [2.75, 3.05) is 30.3 Å². The fourth-order valence-corrected chi connectivity index (χ4v) is 3.46. The average molecular weight is 381 g/mol. The Morgan fingerprint density at radius 2 is 1.96 bits per heavy atom. The van der Waals surface area contributed by atoms with E-state index in [9.17, 15) is 0 Å². The zero-order valence-electron chi connectivity index (χ0n) is 16.3. The predicted molar refractivity (Wildman–Crippen MR) is 109 cm³/mol. The maximum atomic E-state index is 6.03. The van der Waals surface area contributed by atoms with Crippen LogP contribution in [0.1, 0.15) is 50.4 Å². The molecule has 1 fully saturated rings. The third-order valence-corrected chi connectivity index (χ3v) is 5.06. The second-order valence-corrected chi connectivity index (χ2v) is 7.20. The third kappa shape index (κ3) is 4.00. The lowest BCUT2D eigenvalue weighted by Gasteiger charge is -2.28. The van der Waals surface area contributed by atoms with Crippen molar-refractivity contribution in [3.05, 3.63) is 35.9 Å². The molecule has 0 amide bonds. The van der Waals surface area contributed by atoms with Crippen molar-refractivity contribution in [2.45, 2.75) is 45.4 Å². The van der Waals surface area contributed by atoms with Gasteiger partial charge in [0.2, 0.25) is 0 Å². The molecule has 4 heterocycles. The van der Waals surface area contributed by atoms with Crippen molar-refractivity contribution in [1.82, 2.24) is 24.6 Å². The van der Waals surface area contributed by atoms with Gasteiger partial charge in [-0.15, -0.1) is 5.10 Å². The van der Waals surface area contributed by atoms with Gasteiger partial charge < -0.3 is 15.4 Å². The zero-order chi connectivity index (χ0) is 19.3. The number of piperidine rings is 1. The highest BCUT2D eigenvalue weighted by atomic mass is 16.5. The van der Waals surface area contributed by atoms with Gasteiger partial charge in [-0.2, -0.15) is 4.98 Å². The number of nitrogens with zero attached hydrogens (tertiary/aromatic N) is 6. The molecule has 2 N–H and O–H groups in total. The van der Waals surface area contributed by atoms with E-state index in [1.54, 1.807) is 10.7 Å². The quantitative estimate of drug-likeness (QED) is 0.629. The van der Waals surface area contributed by atoms with Crippen LogP contribution in [0.15, 0.2) is 24.5 Å². The Kier molecular flexibility index (Phi) is 5.55. The maximum absolute atomic E-state index is 6.03. The summed E-state index contributed by atoms with van der Waals surface area (Å²) in [5.74, 6) is 0.321. The number of ether oxygens (including phenoxy) is 1. The smallest absolute Gasteiger partial charge is 0.336 e. The molecule has 0 aliphatic carbocycles. The number of nitrogen functional groups attached to an aromatic ring is 1.